The van der Waals surface area contributed by atoms with E-state index in [-0.39, 0.29) is 0 Å². The molecule has 0 rings (SSSR count). The van der Waals surface area contributed by atoms with Crippen molar-refractivity contribution in [3.8, 4) is 0 Å². The van der Waals surface area contributed by atoms with E-state index in [0.29, 0.717) is 0 Å². The molecule has 25 heavy (non-hydrogen) atoms. The predicted octanol–water partition coefficient (Wildman–Crippen LogP) is 3.72. The third-order valence-corrected chi connectivity index (χ3v) is 2.20. The molecule has 0 spiro atoms. The van der Waals surface area contributed by atoms with E-state index < -0.39 is 64.2 Å². The maximum absolute atomic E-state index is 13.0. The molecule has 3 nitrogen and oxygen atoms in total. The van der Waals surface area contributed by atoms with Gasteiger partial charge in [-0.15, -0.1) is 0 Å². The Balaban J connectivity index is 5.04. The quantitative estimate of drug-likeness (QED) is 0.367. The average Bonchev–Trinajstić information content (AvgIpc) is 2.51. The molecule has 0 fully saturated rings. The second kappa shape index (κ2) is 11.0. The van der Waals surface area contributed by atoms with Crippen molar-refractivity contribution in [3.05, 3.63) is 0 Å². The van der Waals surface area contributed by atoms with Gasteiger partial charge in [0.25, 0.3) is 19.3 Å². The van der Waals surface area contributed by atoms with Crippen LogP contribution in [0, 0.1) is 0 Å². The van der Waals surface area contributed by atoms with Crippen LogP contribution in [0.25, 0.3) is 0 Å². The number of alkyl halides is 12. The highest BCUT2D eigenvalue weighted by Gasteiger charge is 2.44. The molecule has 0 amide bonds. The lowest BCUT2D eigenvalue weighted by Crippen LogP contribution is -2.44. The molecule has 0 aliphatic rings. The van der Waals surface area contributed by atoms with Gasteiger partial charge in [0.2, 0.25) is 37.6 Å². The molecule has 0 heterocycles. The Kier molecular flexibility index (Phi) is 10.6. The normalized spacial score (nSPS) is 19.8. The van der Waals surface area contributed by atoms with E-state index in [1.807, 2.05) is 0 Å². The van der Waals surface area contributed by atoms with Crippen LogP contribution in [0.15, 0.2) is 0 Å². The topological polar surface area (TPSA) is 27.7 Å². The van der Waals surface area contributed by atoms with E-state index in [9.17, 15) is 52.7 Å². The van der Waals surface area contributed by atoms with Gasteiger partial charge in [-0.25, -0.2) is 52.7 Å². The van der Waals surface area contributed by atoms with Crippen LogP contribution in [0.5, 0.6) is 0 Å². The highest BCUT2D eigenvalue weighted by Crippen LogP contribution is 2.22. The van der Waals surface area contributed by atoms with Gasteiger partial charge in [-0.3, -0.25) is 0 Å². The molecule has 0 radical (unpaired) electrons. The molecule has 0 aliphatic carbocycles. The molecular weight excluding hydrogens is 395 g/mol. The fraction of sp³-hybridized carbons (Fsp3) is 1.00. The maximum Gasteiger partial charge on any atom is 0.646 e. The van der Waals surface area contributed by atoms with Crippen molar-refractivity contribution in [1.82, 2.24) is 0 Å². The van der Waals surface area contributed by atoms with Gasteiger partial charge in [0.05, 0.1) is 0 Å². The van der Waals surface area contributed by atoms with Gasteiger partial charge in [-0.1, -0.05) is 0 Å². The number of halogens is 12. The molecule has 0 bridgehead atoms. The summed E-state index contributed by atoms with van der Waals surface area (Å²) in [5.74, 6) is 0. The summed E-state index contributed by atoms with van der Waals surface area (Å²) in [5, 5.41) is 0. The van der Waals surface area contributed by atoms with Crippen LogP contribution < -0.4 is 0 Å². The van der Waals surface area contributed by atoms with Gasteiger partial charge in [0.1, 0.15) is 0 Å². The molecule has 150 valence electrons. The Bertz CT molecular complexity index is 314. The standard InChI is InChI=1S/C9H9BF12O3/c11-1(4(14)15)7(20)23-10(24-8(21)2(12)5(16)17)25-9(22)3(13)6(18)19/h1-9H. The monoisotopic (exact) mass is 404 g/mol. The average molecular weight is 404 g/mol. The van der Waals surface area contributed by atoms with E-state index in [4.69, 9.17) is 0 Å². The number of hydrogen-bond acceptors (Lipinski definition) is 3. The largest absolute Gasteiger partial charge is 0.646 e. The first-order chi connectivity index (χ1) is 11.4. The summed E-state index contributed by atoms with van der Waals surface area (Å²) in [4.78, 5) is 0. The van der Waals surface area contributed by atoms with Crippen LogP contribution in [0.1, 0.15) is 0 Å². The summed E-state index contributed by atoms with van der Waals surface area (Å²) in [5.41, 5.74) is 0. The fourth-order valence-electron chi connectivity index (χ4n) is 0.983. The maximum atomic E-state index is 13.0. The molecule has 0 aliphatic heterocycles. The molecule has 0 aromatic heterocycles. The first-order valence-corrected chi connectivity index (χ1v) is 6.03. The zero-order valence-corrected chi connectivity index (χ0v) is 11.5. The van der Waals surface area contributed by atoms with Gasteiger partial charge < -0.3 is 14.0 Å². The number of rotatable bonds is 12. The summed E-state index contributed by atoms with van der Waals surface area (Å²) in [6.07, 6.45) is -34.8. The number of hydrogen-bond donors (Lipinski definition) is 0. The molecule has 6 unspecified atom stereocenters. The van der Waals surface area contributed by atoms with Crippen LogP contribution in [-0.4, -0.2) is 64.2 Å². The molecule has 0 aromatic carbocycles. The Morgan fingerprint density at radius 3 is 0.760 bits per heavy atom. The molecule has 16 heteroatoms. The van der Waals surface area contributed by atoms with E-state index in [1.165, 1.54) is 0 Å². The van der Waals surface area contributed by atoms with Crippen LogP contribution in [0.3, 0.4) is 0 Å². The van der Waals surface area contributed by atoms with Crippen molar-refractivity contribution in [3.63, 3.8) is 0 Å². The van der Waals surface area contributed by atoms with Crippen molar-refractivity contribution in [2.45, 2.75) is 56.9 Å². The smallest absolute Gasteiger partial charge is 0.353 e. The summed E-state index contributed by atoms with van der Waals surface area (Å²) in [6.45, 7) is 0. The summed E-state index contributed by atoms with van der Waals surface area (Å²) >= 11 is 0. The van der Waals surface area contributed by atoms with Gasteiger partial charge in [-0.2, -0.15) is 0 Å². The van der Waals surface area contributed by atoms with Gasteiger partial charge in [0.15, 0.2) is 0 Å². The van der Waals surface area contributed by atoms with Crippen LogP contribution in [0.4, 0.5) is 52.7 Å². The minimum atomic E-state index is -4.05. The fourth-order valence-corrected chi connectivity index (χ4v) is 0.983. The third-order valence-electron chi connectivity index (χ3n) is 2.20. The van der Waals surface area contributed by atoms with E-state index >= 15 is 0 Å². The molecule has 0 N–H and O–H groups in total. The van der Waals surface area contributed by atoms with Crippen molar-refractivity contribution >= 4 is 7.32 Å². The van der Waals surface area contributed by atoms with Crippen LogP contribution in [-0.2, 0) is 14.0 Å². The van der Waals surface area contributed by atoms with Crippen LogP contribution in [0.2, 0.25) is 0 Å². The van der Waals surface area contributed by atoms with E-state index in [2.05, 4.69) is 14.0 Å². The SMILES string of the molecule is FC(F)C(F)C(F)OB(OC(F)C(F)C(F)F)OC(F)C(F)C(F)F. The minimum absolute atomic E-state index is 3.41. The van der Waals surface area contributed by atoms with Crippen molar-refractivity contribution in [2.24, 2.45) is 0 Å². The van der Waals surface area contributed by atoms with E-state index in [0.717, 1.165) is 0 Å². The summed E-state index contributed by atoms with van der Waals surface area (Å²) < 4.78 is 158. The molecule has 0 saturated heterocycles. The molecule has 6 atom stereocenters. The zero-order valence-electron chi connectivity index (χ0n) is 11.5. The highest BCUT2D eigenvalue weighted by molar-refractivity contribution is 6.36. The third kappa shape index (κ3) is 8.35. The minimum Gasteiger partial charge on any atom is -0.353 e. The molecule has 0 saturated carbocycles. The van der Waals surface area contributed by atoms with Crippen molar-refractivity contribution < 1.29 is 66.6 Å². The first kappa shape index (κ1) is 24.1. The van der Waals surface area contributed by atoms with Crippen molar-refractivity contribution in [1.29, 1.82) is 0 Å². The Morgan fingerprint density at radius 1 is 0.400 bits per heavy atom. The lowest BCUT2D eigenvalue weighted by molar-refractivity contribution is -0.158. The summed E-state index contributed by atoms with van der Waals surface area (Å²) in [6, 6.07) is 0. The lowest BCUT2D eigenvalue weighted by Gasteiger charge is -2.23. The van der Waals surface area contributed by atoms with Gasteiger partial charge >= 0.3 is 7.32 Å². The second-order valence-electron chi connectivity index (χ2n) is 4.09. The van der Waals surface area contributed by atoms with Gasteiger partial charge in [-0.05, 0) is 0 Å². The lowest BCUT2D eigenvalue weighted by atomic mass is 10.2. The van der Waals surface area contributed by atoms with Crippen LogP contribution >= 0.6 is 0 Å². The first-order valence-electron chi connectivity index (χ1n) is 6.03. The zero-order chi connectivity index (χ0) is 19.9. The Hall–Kier alpha value is -0.895. The second-order valence-corrected chi connectivity index (χ2v) is 4.09. The summed E-state index contributed by atoms with van der Waals surface area (Å²) in [7, 11) is -3.45. The highest BCUT2D eigenvalue weighted by atomic mass is 19.3. The Morgan fingerprint density at radius 2 is 0.600 bits per heavy atom. The Labute approximate surface area is 132 Å². The van der Waals surface area contributed by atoms with Gasteiger partial charge in [0, 0.05) is 0 Å². The van der Waals surface area contributed by atoms with Crippen molar-refractivity contribution in [2.75, 3.05) is 0 Å². The van der Waals surface area contributed by atoms with E-state index in [1.54, 1.807) is 0 Å². The molecule has 0 aromatic rings. The predicted molar refractivity (Wildman–Crippen MR) is 56.4 cm³/mol. The molecular formula is C9H9BF12O3.